The summed E-state index contributed by atoms with van der Waals surface area (Å²) in [5.41, 5.74) is -0.0437. The Kier molecular flexibility index (Phi) is 9.49. The van der Waals surface area contributed by atoms with Crippen molar-refractivity contribution in [2.24, 2.45) is 4.99 Å². The van der Waals surface area contributed by atoms with E-state index in [9.17, 15) is 13.2 Å². The van der Waals surface area contributed by atoms with Crippen LogP contribution in [-0.4, -0.2) is 36.3 Å². The molecule has 0 aliphatic heterocycles. The first kappa shape index (κ1) is 24.0. The number of ether oxygens (including phenoxy) is 1. The predicted octanol–water partition coefficient (Wildman–Crippen LogP) is 3.57. The smallest absolute Gasteiger partial charge is 0.421 e. The van der Waals surface area contributed by atoms with Crippen LogP contribution in [0.4, 0.5) is 13.2 Å². The minimum atomic E-state index is -4.51. The van der Waals surface area contributed by atoms with Gasteiger partial charge in [0.05, 0.1) is 18.8 Å². The molecule has 156 valence electrons. The van der Waals surface area contributed by atoms with Crippen molar-refractivity contribution < 1.29 is 22.4 Å². The molecule has 2 aromatic rings. The second-order valence-electron chi connectivity index (χ2n) is 5.93. The first-order valence-electron chi connectivity index (χ1n) is 8.36. The first-order valence-corrected chi connectivity index (χ1v) is 8.36. The number of alkyl halides is 3. The first-order chi connectivity index (χ1) is 12.8. The van der Waals surface area contributed by atoms with Crippen molar-refractivity contribution in [3.63, 3.8) is 0 Å². The molecule has 0 aromatic carbocycles. The summed E-state index contributed by atoms with van der Waals surface area (Å²) < 4.78 is 49.0. The Balaban J connectivity index is 0.00000392. The van der Waals surface area contributed by atoms with E-state index in [2.05, 4.69) is 25.8 Å². The molecule has 2 aromatic heterocycles. The molecule has 0 atom stereocenters. The molecule has 2 heterocycles. The van der Waals surface area contributed by atoms with Crippen molar-refractivity contribution in [2.75, 3.05) is 20.2 Å². The van der Waals surface area contributed by atoms with Crippen molar-refractivity contribution >= 4 is 29.9 Å². The van der Waals surface area contributed by atoms with Gasteiger partial charge in [0.2, 0.25) is 5.88 Å². The van der Waals surface area contributed by atoms with E-state index in [0.29, 0.717) is 18.3 Å². The number of guanidine groups is 1. The lowest BCUT2D eigenvalue weighted by Crippen LogP contribution is -2.38. The van der Waals surface area contributed by atoms with Crippen LogP contribution < -0.4 is 15.4 Å². The molecule has 0 aliphatic rings. The Morgan fingerprint density at radius 1 is 1.32 bits per heavy atom. The van der Waals surface area contributed by atoms with Crippen LogP contribution in [0.1, 0.15) is 36.8 Å². The number of rotatable bonds is 7. The van der Waals surface area contributed by atoms with Gasteiger partial charge in [-0.05, 0) is 18.1 Å². The summed E-state index contributed by atoms with van der Waals surface area (Å²) in [5.74, 6) is 0.933. The quantitative estimate of drug-likeness (QED) is 0.255. The number of halogens is 4. The molecule has 7 nitrogen and oxygen atoms in total. The summed E-state index contributed by atoms with van der Waals surface area (Å²) in [6, 6.07) is 4.00. The van der Waals surface area contributed by atoms with Crippen LogP contribution in [0.5, 0.6) is 5.88 Å². The van der Waals surface area contributed by atoms with E-state index in [0.717, 1.165) is 11.8 Å². The number of hydrogen-bond donors (Lipinski definition) is 2. The Bertz CT molecular complexity index is 765. The van der Waals surface area contributed by atoms with Crippen molar-refractivity contribution in [2.45, 2.75) is 32.5 Å². The van der Waals surface area contributed by atoms with Gasteiger partial charge in [-0.15, -0.1) is 24.0 Å². The Morgan fingerprint density at radius 3 is 2.68 bits per heavy atom. The third-order valence-corrected chi connectivity index (χ3v) is 3.53. The normalized spacial score (nSPS) is 11.9. The van der Waals surface area contributed by atoms with Gasteiger partial charge in [0, 0.05) is 19.3 Å². The maximum Gasteiger partial charge on any atom is 0.421 e. The second-order valence-corrected chi connectivity index (χ2v) is 5.93. The van der Waals surface area contributed by atoms with Crippen LogP contribution in [0.25, 0.3) is 0 Å². The number of aromatic nitrogens is 2. The number of hydrogen-bond acceptors (Lipinski definition) is 5. The fraction of sp³-hybridized carbons (Fsp3) is 0.471. The van der Waals surface area contributed by atoms with Crippen molar-refractivity contribution in [1.29, 1.82) is 0 Å². The van der Waals surface area contributed by atoms with Crippen molar-refractivity contribution in [3.8, 4) is 5.88 Å². The summed E-state index contributed by atoms with van der Waals surface area (Å²) in [5, 5.41) is 9.93. The van der Waals surface area contributed by atoms with Gasteiger partial charge in [0.15, 0.2) is 11.7 Å². The third-order valence-electron chi connectivity index (χ3n) is 3.53. The number of nitrogens with one attached hydrogen (secondary N) is 2. The maximum absolute atomic E-state index is 12.9. The minimum absolute atomic E-state index is 0. The summed E-state index contributed by atoms with van der Waals surface area (Å²) in [7, 11) is 1.58. The molecule has 0 saturated heterocycles. The number of aliphatic imine (C=N–C) groups is 1. The maximum atomic E-state index is 12.9. The molecule has 0 bridgehead atoms. The number of nitrogens with zero attached hydrogens (tertiary/aromatic N) is 3. The van der Waals surface area contributed by atoms with E-state index in [1.165, 1.54) is 12.3 Å². The highest BCUT2D eigenvalue weighted by Gasteiger charge is 2.34. The zero-order valence-electron chi connectivity index (χ0n) is 15.7. The van der Waals surface area contributed by atoms with Gasteiger partial charge >= 0.3 is 6.18 Å². The molecule has 0 radical (unpaired) electrons. The molecule has 11 heteroatoms. The molecule has 0 unspecified atom stereocenters. The molecule has 0 saturated carbocycles. The standard InChI is InChI=1S/C17H22F3N5O2.HI/c1-11(2)14-9-12(27-25-14)10-24-16(21-3)23-7-8-26-15-13(17(18,19)20)5-4-6-22-15;/h4-6,9,11H,7-8,10H2,1-3H3,(H2,21,23,24);1H. The zero-order valence-corrected chi connectivity index (χ0v) is 18.0. The monoisotopic (exact) mass is 513 g/mol. The van der Waals surface area contributed by atoms with Gasteiger partial charge in [-0.25, -0.2) is 4.98 Å². The van der Waals surface area contributed by atoms with Crippen LogP contribution >= 0.6 is 24.0 Å². The predicted molar refractivity (Wildman–Crippen MR) is 109 cm³/mol. The van der Waals surface area contributed by atoms with Gasteiger partial charge in [-0.1, -0.05) is 19.0 Å². The van der Waals surface area contributed by atoms with Crippen molar-refractivity contribution in [3.05, 3.63) is 41.4 Å². The molecule has 0 aliphatic carbocycles. The lowest BCUT2D eigenvalue weighted by atomic mass is 10.1. The molecule has 2 N–H and O–H groups in total. The second kappa shape index (κ2) is 11.1. The van der Waals surface area contributed by atoms with Gasteiger partial charge in [-0.2, -0.15) is 13.2 Å². The minimum Gasteiger partial charge on any atom is -0.475 e. The molecular formula is C17H23F3IN5O2. The molecule has 2 rings (SSSR count). The van der Waals surface area contributed by atoms with Gasteiger partial charge in [0.25, 0.3) is 0 Å². The SMILES string of the molecule is CN=C(NCCOc1ncccc1C(F)(F)F)NCc1cc(C(C)C)no1.I. The molecular weight excluding hydrogens is 490 g/mol. The lowest BCUT2D eigenvalue weighted by Gasteiger charge is -2.14. The molecule has 0 amide bonds. The summed E-state index contributed by atoms with van der Waals surface area (Å²) in [6.07, 6.45) is -3.26. The largest absolute Gasteiger partial charge is 0.475 e. The Morgan fingerprint density at radius 2 is 2.07 bits per heavy atom. The van der Waals surface area contributed by atoms with E-state index in [4.69, 9.17) is 9.26 Å². The lowest BCUT2D eigenvalue weighted by molar-refractivity contribution is -0.139. The van der Waals surface area contributed by atoms with E-state index in [1.807, 2.05) is 19.9 Å². The van der Waals surface area contributed by atoms with Gasteiger partial charge < -0.3 is 19.9 Å². The van der Waals surface area contributed by atoms with Gasteiger partial charge in [-0.3, -0.25) is 4.99 Å². The molecule has 0 fully saturated rings. The highest BCUT2D eigenvalue weighted by molar-refractivity contribution is 14.0. The summed E-state index contributed by atoms with van der Waals surface area (Å²) >= 11 is 0. The third kappa shape index (κ3) is 7.17. The van der Waals surface area contributed by atoms with Gasteiger partial charge in [0.1, 0.15) is 12.2 Å². The van der Waals surface area contributed by atoms with E-state index < -0.39 is 17.6 Å². The van der Waals surface area contributed by atoms with Crippen LogP contribution in [0.2, 0.25) is 0 Å². The highest BCUT2D eigenvalue weighted by atomic mass is 127. The van der Waals surface area contributed by atoms with Crippen LogP contribution in [0.3, 0.4) is 0 Å². The summed E-state index contributed by atoms with van der Waals surface area (Å²) in [4.78, 5) is 7.67. The Hall–Kier alpha value is -2.05. The number of pyridine rings is 1. The van der Waals surface area contributed by atoms with Crippen molar-refractivity contribution in [1.82, 2.24) is 20.8 Å². The zero-order chi connectivity index (χ0) is 19.9. The highest BCUT2D eigenvalue weighted by Crippen LogP contribution is 2.34. The summed E-state index contributed by atoms with van der Waals surface area (Å²) in [6.45, 7) is 4.63. The average molecular weight is 513 g/mol. The van der Waals surface area contributed by atoms with E-state index in [-0.39, 0.29) is 43.0 Å². The van der Waals surface area contributed by atoms with Crippen LogP contribution in [0.15, 0.2) is 33.9 Å². The fourth-order valence-corrected chi connectivity index (χ4v) is 2.11. The Labute approximate surface area is 178 Å². The van der Waals surface area contributed by atoms with E-state index >= 15 is 0 Å². The molecule has 0 spiro atoms. The topological polar surface area (TPSA) is 84.6 Å². The molecule has 28 heavy (non-hydrogen) atoms. The van der Waals surface area contributed by atoms with Crippen LogP contribution in [0, 0.1) is 0 Å². The average Bonchev–Trinajstić information content (AvgIpc) is 3.10. The van der Waals surface area contributed by atoms with Crippen LogP contribution in [-0.2, 0) is 12.7 Å². The fourth-order valence-electron chi connectivity index (χ4n) is 2.11. The van der Waals surface area contributed by atoms with E-state index in [1.54, 1.807) is 7.05 Å².